The fourth-order valence-electron chi connectivity index (χ4n) is 4.06. The Balaban J connectivity index is 1.72. The second-order valence-electron chi connectivity index (χ2n) is 7.55. The van der Waals surface area contributed by atoms with Gasteiger partial charge in [-0.1, -0.05) is 23.8 Å². The standard InChI is InChI=1S/C22H25N3O2/c1-14-3-8-19-17(11-14)18-12-24(2)10-9-20(18)25(19)13-21(26)15-4-6-16(7-5-15)22(23)27/h3-8,11,21,26H,9-10,12-13H2,1-2H3,(H2,23,27). The van der Waals surface area contributed by atoms with Crippen molar-refractivity contribution in [2.75, 3.05) is 13.6 Å². The molecule has 3 N–H and O–H groups in total. The van der Waals surface area contributed by atoms with Crippen molar-refractivity contribution in [1.82, 2.24) is 9.47 Å². The van der Waals surface area contributed by atoms with Gasteiger partial charge >= 0.3 is 0 Å². The molecule has 0 bridgehead atoms. The van der Waals surface area contributed by atoms with E-state index in [0.29, 0.717) is 12.1 Å². The number of amides is 1. The number of hydrogen-bond acceptors (Lipinski definition) is 3. The number of nitrogens with zero attached hydrogens (tertiary/aromatic N) is 2. The second-order valence-corrected chi connectivity index (χ2v) is 7.55. The van der Waals surface area contributed by atoms with Crippen LogP contribution in [0, 0.1) is 6.92 Å². The lowest BCUT2D eigenvalue weighted by Crippen LogP contribution is -2.27. The molecule has 5 heteroatoms. The molecule has 0 spiro atoms. The molecular weight excluding hydrogens is 338 g/mol. The van der Waals surface area contributed by atoms with Crippen LogP contribution in [0.4, 0.5) is 0 Å². The number of carbonyl (C=O) groups is 1. The molecule has 5 nitrogen and oxygen atoms in total. The molecule has 1 amide bonds. The molecule has 140 valence electrons. The maximum atomic E-state index is 11.3. The molecule has 0 saturated heterocycles. The minimum atomic E-state index is -0.646. The highest BCUT2D eigenvalue weighted by Crippen LogP contribution is 2.32. The van der Waals surface area contributed by atoms with Crippen LogP contribution < -0.4 is 5.73 Å². The zero-order valence-corrected chi connectivity index (χ0v) is 15.8. The molecule has 3 aromatic rings. The molecule has 1 unspecified atom stereocenters. The first kappa shape index (κ1) is 17.8. The Morgan fingerprint density at radius 2 is 1.96 bits per heavy atom. The largest absolute Gasteiger partial charge is 0.387 e. The number of aliphatic hydroxyl groups is 1. The van der Waals surface area contributed by atoms with Gasteiger partial charge in [-0.05, 0) is 49.4 Å². The van der Waals surface area contributed by atoms with Crippen LogP contribution in [-0.4, -0.2) is 34.1 Å². The number of likely N-dealkylation sites (N-methyl/N-ethyl adjacent to an activating group) is 1. The maximum Gasteiger partial charge on any atom is 0.248 e. The topological polar surface area (TPSA) is 71.5 Å². The van der Waals surface area contributed by atoms with Gasteiger partial charge in [-0.15, -0.1) is 0 Å². The van der Waals surface area contributed by atoms with Gasteiger partial charge in [0, 0.05) is 41.7 Å². The van der Waals surface area contributed by atoms with Crippen molar-refractivity contribution < 1.29 is 9.90 Å². The summed E-state index contributed by atoms with van der Waals surface area (Å²) >= 11 is 0. The van der Waals surface area contributed by atoms with Crippen LogP contribution in [0.1, 0.15) is 38.8 Å². The summed E-state index contributed by atoms with van der Waals surface area (Å²) in [6.45, 7) is 4.57. The van der Waals surface area contributed by atoms with Crippen LogP contribution in [-0.2, 0) is 19.5 Å². The monoisotopic (exact) mass is 363 g/mol. The average Bonchev–Trinajstić information content (AvgIpc) is 2.94. The summed E-state index contributed by atoms with van der Waals surface area (Å²) in [6, 6.07) is 13.4. The van der Waals surface area contributed by atoms with Crippen molar-refractivity contribution in [3.05, 3.63) is 70.4 Å². The first-order valence-electron chi connectivity index (χ1n) is 9.31. The van der Waals surface area contributed by atoms with E-state index in [9.17, 15) is 9.90 Å². The third-order valence-electron chi connectivity index (χ3n) is 5.54. The molecule has 0 aliphatic carbocycles. The van der Waals surface area contributed by atoms with E-state index in [-0.39, 0.29) is 0 Å². The number of fused-ring (bicyclic) bond motifs is 3. The van der Waals surface area contributed by atoms with Crippen LogP contribution in [0.15, 0.2) is 42.5 Å². The Bertz CT molecular complexity index is 1000. The number of hydrogen-bond donors (Lipinski definition) is 2. The van der Waals surface area contributed by atoms with Gasteiger partial charge in [0.1, 0.15) is 0 Å². The van der Waals surface area contributed by atoms with Gasteiger partial charge in [-0.25, -0.2) is 0 Å². The van der Waals surface area contributed by atoms with Gasteiger partial charge in [0.2, 0.25) is 5.91 Å². The first-order chi connectivity index (χ1) is 12.9. The van der Waals surface area contributed by atoms with Crippen molar-refractivity contribution in [3.63, 3.8) is 0 Å². The predicted octanol–water partition coefficient (Wildman–Crippen LogP) is 2.77. The lowest BCUT2D eigenvalue weighted by atomic mass is 10.0. The Morgan fingerprint density at radius 3 is 2.67 bits per heavy atom. The van der Waals surface area contributed by atoms with Crippen LogP contribution >= 0.6 is 0 Å². The molecule has 2 heterocycles. The Labute approximate surface area is 159 Å². The third kappa shape index (κ3) is 3.24. The van der Waals surface area contributed by atoms with Crippen LogP contribution in [0.2, 0.25) is 0 Å². The van der Waals surface area contributed by atoms with Crippen molar-refractivity contribution in [2.45, 2.75) is 32.5 Å². The third-order valence-corrected chi connectivity index (χ3v) is 5.54. The normalized spacial score (nSPS) is 15.7. The molecule has 27 heavy (non-hydrogen) atoms. The molecule has 4 rings (SSSR count). The van der Waals surface area contributed by atoms with E-state index in [0.717, 1.165) is 25.1 Å². The number of rotatable bonds is 4. The number of primary amides is 1. The van der Waals surface area contributed by atoms with Crippen LogP contribution in [0.3, 0.4) is 0 Å². The number of carbonyl (C=O) groups excluding carboxylic acids is 1. The Hall–Kier alpha value is -2.63. The summed E-state index contributed by atoms with van der Waals surface area (Å²) in [5.41, 5.74) is 11.7. The van der Waals surface area contributed by atoms with Gasteiger partial charge in [-0.2, -0.15) is 0 Å². The first-order valence-corrected chi connectivity index (χ1v) is 9.31. The highest BCUT2D eigenvalue weighted by Gasteiger charge is 2.23. The summed E-state index contributed by atoms with van der Waals surface area (Å²) in [7, 11) is 2.15. The van der Waals surface area contributed by atoms with E-state index in [2.05, 4.69) is 41.6 Å². The van der Waals surface area contributed by atoms with E-state index in [1.54, 1.807) is 24.3 Å². The second kappa shape index (κ2) is 6.83. The summed E-state index contributed by atoms with van der Waals surface area (Å²) in [5.74, 6) is -0.457. The molecule has 0 fully saturated rings. The van der Waals surface area contributed by atoms with Crippen molar-refractivity contribution in [3.8, 4) is 0 Å². The molecule has 0 radical (unpaired) electrons. The van der Waals surface area contributed by atoms with Crippen molar-refractivity contribution >= 4 is 16.8 Å². The van der Waals surface area contributed by atoms with E-state index in [1.807, 2.05) is 0 Å². The summed E-state index contributed by atoms with van der Waals surface area (Å²) in [5, 5.41) is 12.1. The molecule has 0 saturated carbocycles. The number of aliphatic hydroxyl groups excluding tert-OH is 1. The minimum Gasteiger partial charge on any atom is -0.387 e. The molecule has 1 atom stereocenters. The Kier molecular flexibility index (Phi) is 4.50. The molecule has 1 aromatic heterocycles. The number of aryl methyl sites for hydroxylation is 1. The van der Waals surface area contributed by atoms with Crippen LogP contribution in [0.5, 0.6) is 0 Å². The molecule has 1 aliphatic rings. The zero-order chi connectivity index (χ0) is 19.1. The molecular formula is C22H25N3O2. The zero-order valence-electron chi connectivity index (χ0n) is 15.8. The predicted molar refractivity (Wildman–Crippen MR) is 107 cm³/mol. The maximum absolute atomic E-state index is 11.3. The highest BCUT2D eigenvalue weighted by molar-refractivity contribution is 5.92. The number of benzene rings is 2. The fourth-order valence-corrected chi connectivity index (χ4v) is 4.06. The molecule has 2 aromatic carbocycles. The van der Waals surface area contributed by atoms with Gasteiger partial charge in [-0.3, -0.25) is 4.79 Å². The van der Waals surface area contributed by atoms with E-state index in [4.69, 9.17) is 5.73 Å². The number of aromatic nitrogens is 1. The SMILES string of the molecule is Cc1ccc2c(c1)c1c(n2CC(O)c2ccc(C(N)=O)cc2)CCN(C)C1. The minimum absolute atomic E-state index is 0.452. The van der Waals surface area contributed by atoms with E-state index in [1.165, 1.54) is 27.7 Å². The van der Waals surface area contributed by atoms with Gasteiger partial charge < -0.3 is 20.3 Å². The number of nitrogens with two attached hydrogens (primary N) is 1. The van der Waals surface area contributed by atoms with Crippen LogP contribution in [0.25, 0.3) is 10.9 Å². The van der Waals surface area contributed by atoms with Crippen molar-refractivity contribution in [1.29, 1.82) is 0 Å². The summed E-state index contributed by atoms with van der Waals surface area (Å²) in [4.78, 5) is 13.6. The van der Waals surface area contributed by atoms with E-state index < -0.39 is 12.0 Å². The highest BCUT2D eigenvalue weighted by atomic mass is 16.3. The average molecular weight is 363 g/mol. The summed E-state index contributed by atoms with van der Waals surface area (Å²) < 4.78 is 2.27. The lowest BCUT2D eigenvalue weighted by molar-refractivity contribution is 0.1000. The fraction of sp³-hybridized carbons (Fsp3) is 0.318. The lowest BCUT2D eigenvalue weighted by Gasteiger charge is -2.25. The van der Waals surface area contributed by atoms with Gasteiger partial charge in [0.05, 0.1) is 12.6 Å². The van der Waals surface area contributed by atoms with Gasteiger partial charge in [0.15, 0.2) is 0 Å². The smallest absolute Gasteiger partial charge is 0.248 e. The Morgan fingerprint density at radius 1 is 1.22 bits per heavy atom. The van der Waals surface area contributed by atoms with E-state index >= 15 is 0 Å². The summed E-state index contributed by atoms with van der Waals surface area (Å²) in [6.07, 6.45) is 0.333. The quantitative estimate of drug-likeness (QED) is 0.749. The van der Waals surface area contributed by atoms with Crippen molar-refractivity contribution in [2.24, 2.45) is 5.73 Å². The van der Waals surface area contributed by atoms with Gasteiger partial charge in [0.25, 0.3) is 0 Å². The molecule has 1 aliphatic heterocycles.